The zero-order chi connectivity index (χ0) is 11.2. The van der Waals surface area contributed by atoms with Crippen molar-refractivity contribution in [3.8, 4) is 0 Å². The lowest BCUT2D eigenvalue weighted by Gasteiger charge is -2.35. The van der Waals surface area contributed by atoms with Crippen LogP contribution in [0.4, 0.5) is 0 Å². The molecule has 1 saturated carbocycles. The minimum absolute atomic E-state index is 0.441. The van der Waals surface area contributed by atoms with Crippen LogP contribution in [0.2, 0.25) is 0 Å². The second kappa shape index (κ2) is 6.58. The van der Waals surface area contributed by atoms with E-state index >= 15 is 0 Å². The van der Waals surface area contributed by atoms with Crippen LogP contribution in [0.3, 0.4) is 0 Å². The molecule has 16 heavy (non-hydrogen) atoms. The van der Waals surface area contributed by atoms with Gasteiger partial charge in [-0.15, -0.1) is 0 Å². The van der Waals surface area contributed by atoms with Crippen LogP contribution < -0.4 is 5.32 Å². The van der Waals surface area contributed by atoms with Crippen LogP contribution in [-0.2, 0) is 9.47 Å². The zero-order valence-electron chi connectivity index (χ0n) is 10.4. The molecule has 94 valence electrons. The molecule has 2 unspecified atom stereocenters. The first-order valence-electron chi connectivity index (χ1n) is 6.86. The van der Waals surface area contributed by atoms with Gasteiger partial charge in [-0.3, -0.25) is 0 Å². The Morgan fingerprint density at radius 3 is 2.62 bits per heavy atom. The van der Waals surface area contributed by atoms with E-state index in [9.17, 15) is 0 Å². The Kier molecular flexibility index (Phi) is 5.07. The van der Waals surface area contributed by atoms with Crippen LogP contribution in [0, 0.1) is 0 Å². The second-order valence-corrected chi connectivity index (χ2v) is 4.93. The predicted molar refractivity (Wildman–Crippen MR) is 64.6 cm³/mol. The molecule has 1 N–H and O–H groups in total. The fourth-order valence-corrected chi connectivity index (χ4v) is 2.81. The summed E-state index contributed by atoms with van der Waals surface area (Å²) in [5.41, 5.74) is 0. The van der Waals surface area contributed by atoms with E-state index in [0.29, 0.717) is 18.2 Å². The predicted octanol–water partition coefficient (Wildman–Crippen LogP) is 2.10. The van der Waals surface area contributed by atoms with Gasteiger partial charge in [0, 0.05) is 19.3 Å². The molecule has 1 heterocycles. The highest BCUT2D eigenvalue weighted by Gasteiger charge is 2.28. The average Bonchev–Trinajstić information content (AvgIpc) is 2.33. The van der Waals surface area contributed by atoms with Gasteiger partial charge >= 0.3 is 0 Å². The normalized spacial score (nSPS) is 32.8. The van der Waals surface area contributed by atoms with E-state index in [2.05, 4.69) is 12.2 Å². The van der Waals surface area contributed by atoms with Gasteiger partial charge in [0.15, 0.2) is 0 Å². The minimum atomic E-state index is 0.441. The lowest BCUT2D eigenvalue weighted by atomic mass is 9.92. The summed E-state index contributed by atoms with van der Waals surface area (Å²) in [5, 5.41) is 3.57. The first-order chi connectivity index (χ1) is 7.90. The molecule has 1 aliphatic carbocycles. The summed E-state index contributed by atoms with van der Waals surface area (Å²) in [5.74, 6) is 0. The minimum Gasteiger partial charge on any atom is -0.381 e. The highest BCUT2D eigenvalue weighted by Crippen LogP contribution is 2.24. The van der Waals surface area contributed by atoms with Crippen molar-refractivity contribution in [2.75, 3.05) is 19.8 Å². The molecule has 1 aliphatic heterocycles. The lowest BCUT2D eigenvalue weighted by molar-refractivity contribution is -0.0883. The van der Waals surface area contributed by atoms with Gasteiger partial charge in [0.25, 0.3) is 0 Å². The van der Waals surface area contributed by atoms with Crippen LogP contribution in [0.15, 0.2) is 0 Å². The van der Waals surface area contributed by atoms with Crippen LogP contribution in [0.1, 0.15) is 45.4 Å². The molecule has 0 bridgehead atoms. The number of nitrogens with one attached hydrogen (secondary N) is 1. The van der Waals surface area contributed by atoms with Crippen LogP contribution >= 0.6 is 0 Å². The largest absolute Gasteiger partial charge is 0.381 e. The Morgan fingerprint density at radius 1 is 1.12 bits per heavy atom. The number of rotatable bonds is 4. The Hall–Kier alpha value is -0.120. The fraction of sp³-hybridized carbons (Fsp3) is 1.00. The first kappa shape index (κ1) is 12.3. The standard InChI is InChI=1S/C13H25NO2/c1-2-14-12-5-3-4-6-13(12)16-11-7-9-15-10-8-11/h11-14H,2-10H2,1H3. The van der Waals surface area contributed by atoms with Crippen molar-refractivity contribution in [3.05, 3.63) is 0 Å². The van der Waals surface area contributed by atoms with E-state index in [1.165, 1.54) is 25.7 Å². The van der Waals surface area contributed by atoms with Crippen molar-refractivity contribution in [2.24, 2.45) is 0 Å². The molecule has 3 nitrogen and oxygen atoms in total. The molecule has 0 radical (unpaired) electrons. The topological polar surface area (TPSA) is 30.5 Å². The summed E-state index contributed by atoms with van der Waals surface area (Å²) in [6.07, 6.45) is 8.23. The van der Waals surface area contributed by atoms with Gasteiger partial charge < -0.3 is 14.8 Å². The number of hydrogen-bond acceptors (Lipinski definition) is 3. The highest BCUT2D eigenvalue weighted by molar-refractivity contribution is 4.82. The number of likely N-dealkylation sites (N-methyl/N-ethyl adjacent to an activating group) is 1. The van der Waals surface area contributed by atoms with Gasteiger partial charge in [-0.25, -0.2) is 0 Å². The zero-order valence-corrected chi connectivity index (χ0v) is 10.4. The second-order valence-electron chi connectivity index (χ2n) is 4.93. The van der Waals surface area contributed by atoms with Crippen LogP contribution in [0.5, 0.6) is 0 Å². The van der Waals surface area contributed by atoms with E-state index in [1.54, 1.807) is 0 Å². The first-order valence-corrected chi connectivity index (χ1v) is 6.86. The third-order valence-electron chi connectivity index (χ3n) is 3.70. The molecule has 3 heteroatoms. The van der Waals surface area contributed by atoms with Crippen molar-refractivity contribution in [1.82, 2.24) is 5.32 Å². The van der Waals surface area contributed by atoms with E-state index in [-0.39, 0.29) is 0 Å². The van der Waals surface area contributed by atoms with Gasteiger partial charge in [-0.05, 0) is 32.2 Å². The molecule has 0 aromatic heterocycles. The SMILES string of the molecule is CCNC1CCCCC1OC1CCOCC1. The van der Waals surface area contributed by atoms with Crippen molar-refractivity contribution < 1.29 is 9.47 Å². The number of hydrogen-bond donors (Lipinski definition) is 1. The maximum Gasteiger partial charge on any atom is 0.0731 e. The van der Waals surface area contributed by atoms with Crippen molar-refractivity contribution in [3.63, 3.8) is 0 Å². The summed E-state index contributed by atoms with van der Waals surface area (Å²) in [4.78, 5) is 0. The third kappa shape index (κ3) is 3.44. The molecule has 0 aromatic rings. The van der Waals surface area contributed by atoms with Crippen molar-refractivity contribution in [2.45, 2.75) is 63.7 Å². The molecule has 2 fully saturated rings. The Morgan fingerprint density at radius 2 is 1.88 bits per heavy atom. The summed E-state index contributed by atoms with van der Waals surface area (Å²) >= 11 is 0. The van der Waals surface area contributed by atoms with Gasteiger partial charge in [-0.2, -0.15) is 0 Å². The van der Waals surface area contributed by atoms with Gasteiger partial charge in [0.2, 0.25) is 0 Å². The van der Waals surface area contributed by atoms with Crippen LogP contribution in [0.25, 0.3) is 0 Å². The van der Waals surface area contributed by atoms with Crippen molar-refractivity contribution in [1.29, 1.82) is 0 Å². The lowest BCUT2D eigenvalue weighted by Crippen LogP contribution is -2.45. The maximum absolute atomic E-state index is 6.25. The van der Waals surface area contributed by atoms with Crippen molar-refractivity contribution >= 4 is 0 Å². The molecule has 0 spiro atoms. The summed E-state index contributed by atoms with van der Waals surface area (Å²) < 4.78 is 11.6. The molecule has 0 amide bonds. The summed E-state index contributed by atoms with van der Waals surface area (Å²) in [7, 11) is 0. The number of ether oxygens (including phenoxy) is 2. The average molecular weight is 227 g/mol. The third-order valence-corrected chi connectivity index (χ3v) is 3.70. The van der Waals surface area contributed by atoms with E-state index in [1.807, 2.05) is 0 Å². The molecular weight excluding hydrogens is 202 g/mol. The quantitative estimate of drug-likeness (QED) is 0.798. The summed E-state index contributed by atoms with van der Waals surface area (Å²) in [6, 6.07) is 0.585. The molecule has 2 aliphatic rings. The Bertz CT molecular complexity index is 190. The summed E-state index contributed by atoms with van der Waals surface area (Å²) in [6.45, 7) is 4.99. The van der Waals surface area contributed by atoms with Gasteiger partial charge in [0.05, 0.1) is 12.2 Å². The molecular formula is C13H25NO2. The van der Waals surface area contributed by atoms with E-state index in [4.69, 9.17) is 9.47 Å². The monoisotopic (exact) mass is 227 g/mol. The fourth-order valence-electron chi connectivity index (χ4n) is 2.81. The van der Waals surface area contributed by atoms with Gasteiger partial charge in [-0.1, -0.05) is 19.8 Å². The van der Waals surface area contributed by atoms with E-state index < -0.39 is 0 Å². The van der Waals surface area contributed by atoms with Gasteiger partial charge in [0.1, 0.15) is 0 Å². The van der Waals surface area contributed by atoms with Crippen LogP contribution in [-0.4, -0.2) is 38.0 Å². The Labute approximate surface area is 98.9 Å². The molecule has 0 aromatic carbocycles. The van der Waals surface area contributed by atoms with E-state index in [0.717, 1.165) is 32.6 Å². The highest BCUT2D eigenvalue weighted by atomic mass is 16.5. The molecule has 2 atom stereocenters. The smallest absolute Gasteiger partial charge is 0.0731 e. The molecule has 2 rings (SSSR count). The molecule has 1 saturated heterocycles. The maximum atomic E-state index is 6.25. The Balaban J connectivity index is 1.80.